The lowest BCUT2D eigenvalue weighted by Crippen LogP contribution is -2.28. The van der Waals surface area contributed by atoms with Crippen LogP contribution in [0, 0.1) is 0 Å². The molecule has 6 heteroatoms. The van der Waals surface area contributed by atoms with E-state index in [2.05, 4.69) is 17.1 Å². The third-order valence-corrected chi connectivity index (χ3v) is 3.85. The largest absolute Gasteiger partial charge is 0.494 e. The van der Waals surface area contributed by atoms with Crippen molar-refractivity contribution in [3.63, 3.8) is 0 Å². The molecule has 0 spiro atoms. The molecular weight excluding hydrogens is 312 g/mol. The van der Waals surface area contributed by atoms with E-state index < -0.39 is 0 Å². The number of hydrogen-bond acceptors (Lipinski definition) is 4. The quantitative estimate of drug-likeness (QED) is 0.727. The minimum Gasteiger partial charge on any atom is -0.494 e. The van der Waals surface area contributed by atoms with Crippen LogP contribution >= 0.6 is 11.6 Å². The number of ether oxygens (including phenoxy) is 1. The van der Waals surface area contributed by atoms with E-state index in [1.165, 1.54) is 0 Å². The predicted octanol–water partition coefficient (Wildman–Crippen LogP) is 3.60. The fraction of sp³-hybridized carbons (Fsp3) is 0.118. The minimum absolute atomic E-state index is 0.484. The molecule has 2 aromatic carbocycles. The molecule has 0 fully saturated rings. The first-order valence-electron chi connectivity index (χ1n) is 7.11. The molecule has 0 saturated carbocycles. The molecular formula is C17H17ClN4O. The Morgan fingerprint density at radius 2 is 2.04 bits per heavy atom. The van der Waals surface area contributed by atoms with Gasteiger partial charge in [-0.25, -0.2) is 9.66 Å². The highest BCUT2D eigenvalue weighted by molar-refractivity contribution is 6.33. The summed E-state index contributed by atoms with van der Waals surface area (Å²) >= 11 is 6.22. The molecule has 0 saturated heterocycles. The molecule has 118 valence electrons. The molecule has 0 aliphatic heterocycles. The number of halogens is 1. The van der Waals surface area contributed by atoms with Crippen LogP contribution < -0.4 is 15.5 Å². The molecule has 0 atom stereocenters. The number of rotatable bonds is 5. The topological polar surface area (TPSA) is 56.3 Å². The summed E-state index contributed by atoms with van der Waals surface area (Å²) in [6.07, 6.45) is 5.32. The summed E-state index contributed by atoms with van der Waals surface area (Å²) in [4.78, 5) is 4.13. The second kappa shape index (κ2) is 6.62. The van der Waals surface area contributed by atoms with Crippen molar-refractivity contribution in [2.24, 2.45) is 0 Å². The fourth-order valence-electron chi connectivity index (χ4n) is 2.37. The molecule has 0 amide bonds. The fourth-order valence-corrected chi connectivity index (χ4v) is 2.52. The lowest BCUT2D eigenvalue weighted by molar-refractivity contribution is 0.413. The number of nitrogens with zero attached hydrogens (tertiary/aromatic N) is 3. The van der Waals surface area contributed by atoms with Crippen LogP contribution in [0.4, 0.5) is 11.4 Å². The van der Waals surface area contributed by atoms with E-state index in [1.54, 1.807) is 31.8 Å². The molecule has 5 nitrogen and oxygen atoms in total. The molecule has 0 unspecified atom stereocenters. The summed E-state index contributed by atoms with van der Waals surface area (Å²) in [5, 5.41) is 2.51. The van der Waals surface area contributed by atoms with E-state index in [0.717, 1.165) is 11.3 Å². The van der Waals surface area contributed by atoms with Crippen LogP contribution in [0.2, 0.25) is 5.02 Å². The zero-order valence-corrected chi connectivity index (χ0v) is 13.4. The van der Waals surface area contributed by atoms with E-state index >= 15 is 0 Å². The molecule has 2 N–H and O–H groups in total. The van der Waals surface area contributed by atoms with Crippen molar-refractivity contribution in [2.45, 2.75) is 6.54 Å². The minimum atomic E-state index is 0.484. The van der Waals surface area contributed by atoms with Gasteiger partial charge in [-0.1, -0.05) is 41.9 Å². The van der Waals surface area contributed by atoms with Gasteiger partial charge in [-0.05, 0) is 11.6 Å². The smallest absolute Gasteiger partial charge is 0.146 e. The zero-order valence-electron chi connectivity index (χ0n) is 12.7. The number of nitrogens with two attached hydrogens (primary N) is 1. The lowest BCUT2D eigenvalue weighted by atomic mass is 10.2. The monoisotopic (exact) mass is 328 g/mol. The van der Waals surface area contributed by atoms with Crippen LogP contribution in [0.25, 0.3) is 0 Å². The Labute approximate surface area is 139 Å². The van der Waals surface area contributed by atoms with Gasteiger partial charge in [-0.3, -0.25) is 5.01 Å². The van der Waals surface area contributed by atoms with Crippen molar-refractivity contribution in [3.05, 3.63) is 71.8 Å². The maximum Gasteiger partial charge on any atom is 0.146 e. The highest BCUT2D eigenvalue weighted by Gasteiger charge is 2.16. The summed E-state index contributed by atoms with van der Waals surface area (Å²) in [6.45, 7) is 0.633. The number of aromatic nitrogens is 2. The Morgan fingerprint density at radius 3 is 2.70 bits per heavy atom. The molecule has 1 aromatic heterocycles. The molecule has 0 aliphatic carbocycles. The van der Waals surface area contributed by atoms with Crippen molar-refractivity contribution < 1.29 is 4.74 Å². The maximum atomic E-state index is 6.22. The summed E-state index contributed by atoms with van der Waals surface area (Å²) in [5.41, 5.74) is 8.33. The first kappa shape index (κ1) is 15.2. The number of methoxy groups -OCH3 is 1. The third-order valence-electron chi connectivity index (χ3n) is 3.52. The molecule has 0 bridgehead atoms. The Hall–Kier alpha value is -2.66. The van der Waals surface area contributed by atoms with E-state index in [0.29, 0.717) is 23.0 Å². The Morgan fingerprint density at radius 1 is 1.26 bits per heavy atom. The van der Waals surface area contributed by atoms with Crippen LogP contribution in [-0.4, -0.2) is 16.8 Å². The second-order valence-corrected chi connectivity index (χ2v) is 5.44. The molecule has 0 radical (unpaired) electrons. The van der Waals surface area contributed by atoms with Crippen molar-refractivity contribution >= 4 is 23.0 Å². The van der Waals surface area contributed by atoms with Gasteiger partial charge in [0.15, 0.2) is 0 Å². The van der Waals surface area contributed by atoms with E-state index in [-0.39, 0.29) is 0 Å². The van der Waals surface area contributed by atoms with Gasteiger partial charge < -0.3 is 10.5 Å². The molecule has 23 heavy (non-hydrogen) atoms. The van der Waals surface area contributed by atoms with Gasteiger partial charge in [0.05, 0.1) is 24.4 Å². The number of imidazole rings is 1. The Balaban J connectivity index is 2.07. The van der Waals surface area contributed by atoms with Gasteiger partial charge in [-0.2, -0.15) is 0 Å². The van der Waals surface area contributed by atoms with E-state index in [1.807, 2.05) is 34.1 Å². The standard InChI is InChI=1S/C17H17ClN4O/c1-23-17-10-15(19)14(18)9-16(17)22(21-8-7-20-12-21)11-13-5-3-2-4-6-13/h2-10,12H,11,19H2,1H3. The summed E-state index contributed by atoms with van der Waals surface area (Å²) in [7, 11) is 1.61. The SMILES string of the molecule is COc1cc(N)c(Cl)cc1N(Cc1ccccc1)n1ccnc1. The molecule has 3 rings (SSSR count). The summed E-state index contributed by atoms with van der Waals surface area (Å²) in [6, 6.07) is 13.7. The number of anilines is 2. The van der Waals surface area contributed by atoms with Crippen molar-refractivity contribution in [1.82, 2.24) is 9.66 Å². The first-order chi connectivity index (χ1) is 11.2. The van der Waals surface area contributed by atoms with Crippen molar-refractivity contribution in [1.29, 1.82) is 0 Å². The van der Waals surface area contributed by atoms with E-state index in [4.69, 9.17) is 22.1 Å². The van der Waals surface area contributed by atoms with Gasteiger partial charge in [0.2, 0.25) is 0 Å². The average molecular weight is 329 g/mol. The Bertz CT molecular complexity index is 775. The van der Waals surface area contributed by atoms with E-state index in [9.17, 15) is 0 Å². The normalized spacial score (nSPS) is 10.5. The van der Waals surface area contributed by atoms with Gasteiger partial charge in [-0.15, -0.1) is 0 Å². The number of nitrogen functional groups attached to an aromatic ring is 1. The van der Waals surface area contributed by atoms with Crippen molar-refractivity contribution in [3.8, 4) is 5.75 Å². The third kappa shape index (κ3) is 3.24. The van der Waals surface area contributed by atoms with Crippen LogP contribution in [0.3, 0.4) is 0 Å². The first-order valence-corrected chi connectivity index (χ1v) is 7.49. The second-order valence-electron chi connectivity index (χ2n) is 5.03. The summed E-state index contributed by atoms with van der Waals surface area (Å²) < 4.78 is 7.37. The van der Waals surface area contributed by atoms with Crippen LogP contribution in [0.1, 0.15) is 5.56 Å². The highest BCUT2D eigenvalue weighted by atomic mass is 35.5. The van der Waals surface area contributed by atoms with Crippen LogP contribution in [-0.2, 0) is 6.54 Å². The lowest BCUT2D eigenvalue weighted by Gasteiger charge is -2.27. The molecule has 1 heterocycles. The van der Waals surface area contributed by atoms with Gasteiger partial charge in [0, 0.05) is 18.5 Å². The van der Waals surface area contributed by atoms with Gasteiger partial charge in [0.1, 0.15) is 17.8 Å². The number of benzene rings is 2. The Kier molecular flexibility index (Phi) is 4.39. The predicted molar refractivity (Wildman–Crippen MR) is 92.7 cm³/mol. The maximum absolute atomic E-state index is 6.22. The van der Waals surface area contributed by atoms with Gasteiger partial charge >= 0.3 is 0 Å². The zero-order chi connectivity index (χ0) is 16.2. The molecule has 0 aliphatic rings. The van der Waals surface area contributed by atoms with Crippen LogP contribution in [0.5, 0.6) is 5.75 Å². The van der Waals surface area contributed by atoms with Crippen LogP contribution in [0.15, 0.2) is 61.2 Å². The van der Waals surface area contributed by atoms with Crippen molar-refractivity contribution in [2.75, 3.05) is 17.9 Å². The summed E-state index contributed by atoms with van der Waals surface area (Å²) in [5.74, 6) is 0.650. The van der Waals surface area contributed by atoms with Gasteiger partial charge in [0.25, 0.3) is 0 Å². The molecule has 3 aromatic rings. The average Bonchev–Trinajstić information content (AvgIpc) is 3.10. The number of hydrogen-bond donors (Lipinski definition) is 1. The highest BCUT2D eigenvalue weighted by Crippen LogP contribution is 2.36.